The van der Waals surface area contributed by atoms with Gasteiger partial charge < -0.3 is 5.11 Å². The quantitative estimate of drug-likeness (QED) is 0.833. The average Bonchev–Trinajstić information content (AvgIpc) is 2.59. The lowest BCUT2D eigenvalue weighted by atomic mass is 10.1. The zero-order valence-corrected chi connectivity index (χ0v) is 11.3. The summed E-state index contributed by atoms with van der Waals surface area (Å²) in [5.74, 6) is 1.59. The summed E-state index contributed by atoms with van der Waals surface area (Å²) in [6, 6.07) is 0. The van der Waals surface area contributed by atoms with Crippen LogP contribution in [0.25, 0.3) is 0 Å². The molecule has 0 saturated heterocycles. The summed E-state index contributed by atoms with van der Waals surface area (Å²) in [7, 11) is 0. The third-order valence-electron chi connectivity index (χ3n) is 3.29. The summed E-state index contributed by atoms with van der Waals surface area (Å²) >= 11 is 0. The van der Waals surface area contributed by atoms with Crippen LogP contribution in [-0.4, -0.2) is 26.0 Å². The Morgan fingerprint density at radius 1 is 1.44 bits per heavy atom. The van der Waals surface area contributed by atoms with Crippen molar-refractivity contribution in [1.82, 2.24) is 14.8 Å². The number of nitrogens with zero attached hydrogens (tertiary/aromatic N) is 3. The fourth-order valence-electron chi connectivity index (χ4n) is 2.42. The van der Waals surface area contributed by atoms with Crippen molar-refractivity contribution in [2.45, 2.75) is 58.6 Å². The van der Waals surface area contributed by atoms with Crippen LogP contribution in [0.2, 0.25) is 0 Å². The van der Waals surface area contributed by atoms with E-state index in [4.69, 9.17) is 0 Å². The van der Waals surface area contributed by atoms with E-state index >= 15 is 0 Å². The standard InChI is InChI=1S/C14H23N3O/c1-11(2)9-17-14(15-10-16-17)8-12-5-3-4-6-13(18)7-12/h7,10-11,13,18H,3-6,8-9H2,1-2H3. The molecule has 0 bridgehead atoms. The van der Waals surface area contributed by atoms with Crippen molar-refractivity contribution in [2.24, 2.45) is 5.92 Å². The molecular formula is C14H23N3O. The Labute approximate surface area is 109 Å². The monoisotopic (exact) mass is 249 g/mol. The second-order valence-corrected chi connectivity index (χ2v) is 5.57. The number of aliphatic hydroxyl groups excluding tert-OH is 1. The van der Waals surface area contributed by atoms with E-state index in [-0.39, 0.29) is 6.10 Å². The number of allylic oxidation sites excluding steroid dienone is 1. The number of aliphatic hydroxyl groups is 1. The normalized spacial score (nSPS) is 20.9. The van der Waals surface area contributed by atoms with Gasteiger partial charge in [-0.3, -0.25) is 0 Å². The second-order valence-electron chi connectivity index (χ2n) is 5.57. The molecule has 1 heterocycles. The predicted molar refractivity (Wildman–Crippen MR) is 71.1 cm³/mol. The minimum Gasteiger partial charge on any atom is -0.389 e. The first kappa shape index (κ1) is 13.3. The molecule has 1 aromatic rings. The van der Waals surface area contributed by atoms with Gasteiger partial charge in [-0.1, -0.05) is 31.9 Å². The maximum Gasteiger partial charge on any atom is 0.138 e. The van der Waals surface area contributed by atoms with Crippen molar-refractivity contribution in [1.29, 1.82) is 0 Å². The lowest BCUT2D eigenvalue weighted by molar-refractivity contribution is 0.211. The summed E-state index contributed by atoms with van der Waals surface area (Å²) in [5, 5.41) is 14.1. The highest BCUT2D eigenvalue weighted by molar-refractivity contribution is 5.12. The van der Waals surface area contributed by atoms with E-state index in [1.165, 1.54) is 12.0 Å². The van der Waals surface area contributed by atoms with Gasteiger partial charge in [0.15, 0.2) is 0 Å². The Morgan fingerprint density at radius 3 is 3.06 bits per heavy atom. The summed E-state index contributed by atoms with van der Waals surface area (Å²) in [6.45, 7) is 5.27. The largest absolute Gasteiger partial charge is 0.389 e. The molecule has 0 spiro atoms. The molecule has 1 unspecified atom stereocenters. The zero-order chi connectivity index (χ0) is 13.0. The van der Waals surface area contributed by atoms with Gasteiger partial charge in [0.05, 0.1) is 6.10 Å². The molecule has 2 rings (SSSR count). The fraction of sp³-hybridized carbons (Fsp3) is 0.714. The Kier molecular flexibility index (Phi) is 4.53. The molecule has 1 aliphatic rings. The lowest BCUT2D eigenvalue weighted by Crippen LogP contribution is -2.11. The molecule has 1 aromatic heterocycles. The number of hydrogen-bond donors (Lipinski definition) is 1. The van der Waals surface area contributed by atoms with Crippen LogP contribution in [0.3, 0.4) is 0 Å². The van der Waals surface area contributed by atoms with Crippen LogP contribution < -0.4 is 0 Å². The van der Waals surface area contributed by atoms with Crippen LogP contribution in [0.4, 0.5) is 0 Å². The van der Waals surface area contributed by atoms with Gasteiger partial charge in [-0.2, -0.15) is 5.10 Å². The van der Waals surface area contributed by atoms with E-state index in [9.17, 15) is 5.11 Å². The summed E-state index contributed by atoms with van der Waals surface area (Å²) in [5.41, 5.74) is 1.30. The number of aromatic nitrogens is 3. The Hall–Kier alpha value is -1.16. The SMILES string of the molecule is CC(C)Cn1ncnc1CC1=CC(O)CCCC1. The van der Waals surface area contributed by atoms with Gasteiger partial charge in [0, 0.05) is 13.0 Å². The van der Waals surface area contributed by atoms with Gasteiger partial charge in [-0.25, -0.2) is 9.67 Å². The van der Waals surface area contributed by atoms with Gasteiger partial charge >= 0.3 is 0 Å². The van der Waals surface area contributed by atoms with Crippen molar-refractivity contribution in [3.63, 3.8) is 0 Å². The van der Waals surface area contributed by atoms with Crippen molar-refractivity contribution in [3.8, 4) is 0 Å². The summed E-state index contributed by atoms with van der Waals surface area (Å²) < 4.78 is 1.99. The third kappa shape index (κ3) is 3.67. The van der Waals surface area contributed by atoms with Crippen LogP contribution in [0.1, 0.15) is 45.4 Å². The molecular weight excluding hydrogens is 226 g/mol. The molecule has 0 amide bonds. The first-order valence-electron chi connectivity index (χ1n) is 6.89. The van der Waals surface area contributed by atoms with Gasteiger partial charge in [-0.15, -0.1) is 0 Å². The van der Waals surface area contributed by atoms with Crippen LogP contribution in [-0.2, 0) is 13.0 Å². The first-order chi connectivity index (χ1) is 8.65. The minimum atomic E-state index is -0.274. The zero-order valence-electron chi connectivity index (χ0n) is 11.3. The van der Waals surface area contributed by atoms with Gasteiger partial charge in [0.2, 0.25) is 0 Å². The number of hydrogen-bond acceptors (Lipinski definition) is 3. The van der Waals surface area contributed by atoms with E-state index in [2.05, 4.69) is 23.9 Å². The van der Waals surface area contributed by atoms with Crippen LogP contribution in [0, 0.1) is 5.92 Å². The highest BCUT2D eigenvalue weighted by Crippen LogP contribution is 2.20. The average molecular weight is 249 g/mol. The maximum absolute atomic E-state index is 9.78. The molecule has 4 heteroatoms. The molecule has 4 nitrogen and oxygen atoms in total. The Balaban J connectivity index is 2.06. The van der Waals surface area contributed by atoms with Crippen molar-refractivity contribution in [3.05, 3.63) is 23.8 Å². The van der Waals surface area contributed by atoms with Crippen molar-refractivity contribution >= 4 is 0 Å². The Bertz CT molecular complexity index is 409. The Morgan fingerprint density at radius 2 is 2.28 bits per heavy atom. The highest BCUT2D eigenvalue weighted by atomic mass is 16.3. The molecule has 0 saturated carbocycles. The first-order valence-corrected chi connectivity index (χ1v) is 6.89. The molecule has 0 aliphatic heterocycles. The van der Waals surface area contributed by atoms with Crippen molar-refractivity contribution < 1.29 is 5.11 Å². The molecule has 0 aromatic carbocycles. The summed E-state index contributed by atoms with van der Waals surface area (Å²) in [4.78, 5) is 4.35. The summed E-state index contributed by atoms with van der Waals surface area (Å²) in [6.07, 6.45) is 8.44. The van der Waals surface area contributed by atoms with E-state index < -0.39 is 0 Å². The van der Waals surface area contributed by atoms with E-state index in [1.54, 1.807) is 6.33 Å². The third-order valence-corrected chi connectivity index (χ3v) is 3.29. The van der Waals surface area contributed by atoms with Crippen LogP contribution >= 0.6 is 0 Å². The van der Waals surface area contributed by atoms with E-state index in [1.807, 2.05) is 10.8 Å². The molecule has 1 N–H and O–H groups in total. The van der Waals surface area contributed by atoms with E-state index in [0.29, 0.717) is 5.92 Å². The second kappa shape index (κ2) is 6.14. The van der Waals surface area contributed by atoms with Crippen LogP contribution in [0.15, 0.2) is 18.0 Å². The van der Waals surface area contributed by atoms with Gasteiger partial charge in [-0.05, 0) is 25.2 Å². The topological polar surface area (TPSA) is 50.9 Å². The van der Waals surface area contributed by atoms with Crippen molar-refractivity contribution in [2.75, 3.05) is 0 Å². The fourth-order valence-corrected chi connectivity index (χ4v) is 2.42. The molecule has 0 fully saturated rings. The lowest BCUT2D eigenvalue weighted by Gasteiger charge is -2.10. The highest BCUT2D eigenvalue weighted by Gasteiger charge is 2.13. The predicted octanol–water partition coefficient (Wildman–Crippen LogP) is 2.34. The number of rotatable bonds is 4. The molecule has 1 aliphatic carbocycles. The van der Waals surface area contributed by atoms with Gasteiger partial charge in [0.1, 0.15) is 12.2 Å². The smallest absolute Gasteiger partial charge is 0.138 e. The molecule has 18 heavy (non-hydrogen) atoms. The molecule has 0 radical (unpaired) electrons. The molecule has 1 atom stereocenters. The van der Waals surface area contributed by atoms with Crippen LogP contribution in [0.5, 0.6) is 0 Å². The van der Waals surface area contributed by atoms with Gasteiger partial charge in [0.25, 0.3) is 0 Å². The molecule has 100 valence electrons. The minimum absolute atomic E-state index is 0.274. The van der Waals surface area contributed by atoms with E-state index in [0.717, 1.165) is 38.1 Å². The maximum atomic E-state index is 9.78.